The summed E-state index contributed by atoms with van der Waals surface area (Å²) in [7, 11) is 0. The minimum absolute atomic E-state index is 0.0548. The molecule has 0 aliphatic heterocycles. The first-order chi connectivity index (χ1) is 11.5. The van der Waals surface area contributed by atoms with Crippen molar-refractivity contribution in [1.82, 2.24) is 10.2 Å². The lowest BCUT2D eigenvalue weighted by molar-refractivity contribution is -0.385. The van der Waals surface area contributed by atoms with E-state index in [0.717, 1.165) is 5.56 Å². The van der Waals surface area contributed by atoms with Crippen molar-refractivity contribution in [3.05, 3.63) is 70.1 Å². The fourth-order valence-electron chi connectivity index (χ4n) is 2.26. The number of rotatable bonds is 5. The maximum atomic E-state index is 10.8. The molecule has 0 N–H and O–H groups in total. The molecule has 1 atom stereocenters. The van der Waals surface area contributed by atoms with Crippen LogP contribution >= 0.6 is 0 Å². The second kappa shape index (κ2) is 6.49. The molecule has 1 unspecified atom stereocenters. The predicted octanol–water partition coefficient (Wildman–Crippen LogP) is 4.09. The molecule has 122 valence electrons. The molecule has 7 nitrogen and oxygen atoms in total. The predicted molar refractivity (Wildman–Crippen MR) is 86.6 cm³/mol. The van der Waals surface area contributed by atoms with Gasteiger partial charge < -0.3 is 9.15 Å². The Morgan fingerprint density at radius 2 is 1.92 bits per heavy atom. The number of nitro benzene ring substituents is 1. The van der Waals surface area contributed by atoms with Gasteiger partial charge in [-0.2, -0.15) is 0 Å². The van der Waals surface area contributed by atoms with Gasteiger partial charge in [-0.25, -0.2) is 0 Å². The Balaban J connectivity index is 1.76. The van der Waals surface area contributed by atoms with Crippen LogP contribution in [0.3, 0.4) is 0 Å². The van der Waals surface area contributed by atoms with Gasteiger partial charge in [-0.3, -0.25) is 10.1 Å². The van der Waals surface area contributed by atoms with Crippen LogP contribution in [0.4, 0.5) is 5.69 Å². The van der Waals surface area contributed by atoms with Crippen molar-refractivity contribution >= 4 is 5.69 Å². The van der Waals surface area contributed by atoms with E-state index in [1.807, 2.05) is 30.3 Å². The van der Waals surface area contributed by atoms with E-state index in [-0.39, 0.29) is 5.69 Å². The maximum absolute atomic E-state index is 10.8. The summed E-state index contributed by atoms with van der Waals surface area (Å²) in [5, 5.41) is 18.9. The van der Waals surface area contributed by atoms with Gasteiger partial charge in [0.25, 0.3) is 11.6 Å². The fourth-order valence-corrected chi connectivity index (χ4v) is 2.26. The molecule has 1 heterocycles. The number of hydrogen-bond donors (Lipinski definition) is 0. The summed E-state index contributed by atoms with van der Waals surface area (Å²) in [6.07, 6.45) is -0.476. The molecule has 0 fully saturated rings. The zero-order valence-electron chi connectivity index (χ0n) is 13.2. The molecule has 0 amide bonds. The van der Waals surface area contributed by atoms with Gasteiger partial charge in [0.2, 0.25) is 5.89 Å². The molecule has 3 aromatic rings. The molecule has 0 aliphatic rings. The summed E-state index contributed by atoms with van der Waals surface area (Å²) in [5.74, 6) is 1.26. The highest BCUT2D eigenvalue weighted by Crippen LogP contribution is 2.27. The summed E-state index contributed by atoms with van der Waals surface area (Å²) in [6, 6.07) is 14.0. The molecular formula is C17H15N3O4. The summed E-state index contributed by atoms with van der Waals surface area (Å²) in [6.45, 7) is 3.44. The number of nitro groups is 1. The third kappa shape index (κ3) is 3.24. The van der Waals surface area contributed by atoms with Gasteiger partial charge in [0.05, 0.1) is 4.92 Å². The Bertz CT molecular complexity index is 861. The number of nitrogens with zero attached hydrogens (tertiary/aromatic N) is 3. The van der Waals surface area contributed by atoms with Crippen molar-refractivity contribution in [1.29, 1.82) is 0 Å². The van der Waals surface area contributed by atoms with Crippen LogP contribution in [0.1, 0.15) is 24.5 Å². The summed E-state index contributed by atoms with van der Waals surface area (Å²) < 4.78 is 11.4. The Morgan fingerprint density at radius 3 is 2.58 bits per heavy atom. The third-order valence-electron chi connectivity index (χ3n) is 3.49. The summed E-state index contributed by atoms with van der Waals surface area (Å²) in [4.78, 5) is 10.4. The third-order valence-corrected chi connectivity index (χ3v) is 3.49. The van der Waals surface area contributed by atoms with Gasteiger partial charge in [-0.05, 0) is 38.1 Å². The van der Waals surface area contributed by atoms with E-state index < -0.39 is 11.0 Å². The van der Waals surface area contributed by atoms with Crippen LogP contribution < -0.4 is 4.74 Å². The summed E-state index contributed by atoms with van der Waals surface area (Å²) >= 11 is 0. The molecular weight excluding hydrogens is 310 g/mol. The standard InChI is InChI=1S/C17H15N3O4/c1-11-10-14(8-9-15(11)20(21)22)23-12(2)16-18-19-17(24-16)13-6-4-3-5-7-13/h3-10,12H,1-2H3. The zero-order chi connectivity index (χ0) is 17.1. The quantitative estimate of drug-likeness (QED) is 0.518. The molecule has 1 aromatic heterocycles. The van der Waals surface area contributed by atoms with E-state index >= 15 is 0 Å². The molecule has 0 aliphatic carbocycles. The molecule has 0 radical (unpaired) electrons. The van der Waals surface area contributed by atoms with Crippen molar-refractivity contribution in [2.75, 3.05) is 0 Å². The van der Waals surface area contributed by atoms with E-state index in [2.05, 4.69) is 10.2 Å². The maximum Gasteiger partial charge on any atom is 0.272 e. The lowest BCUT2D eigenvalue weighted by Crippen LogP contribution is -2.04. The molecule has 0 saturated carbocycles. The number of aromatic nitrogens is 2. The van der Waals surface area contributed by atoms with Crippen molar-refractivity contribution in [2.24, 2.45) is 0 Å². The van der Waals surface area contributed by atoms with Crippen molar-refractivity contribution in [3.8, 4) is 17.2 Å². The highest BCUT2D eigenvalue weighted by Gasteiger charge is 2.18. The smallest absolute Gasteiger partial charge is 0.272 e. The molecule has 7 heteroatoms. The van der Waals surface area contributed by atoms with Gasteiger partial charge in [-0.15, -0.1) is 10.2 Å². The van der Waals surface area contributed by atoms with Gasteiger partial charge in [0, 0.05) is 17.2 Å². The molecule has 0 saturated heterocycles. The SMILES string of the molecule is Cc1cc(OC(C)c2nnc(-c3ccccc3)o2)ccc1[N+](=O)[O-]. The van der Waals surface area contributed by atoms with E-state index in [4.69, 9.17) is 9.15 Å². The van der Waals surface area contributed by atoms with Crippen LogP contribution in [0.5, 0.6) is 5.75 Å². The number of hydrogen-bond acceptors (Lipinski definition) is 6. The number of aryl methyl sites for hydroxylation is 1. The summed E-state index contributed by atoms with van der Waals surface area (Å²) in [5.41, 5.74) is 1.41. The minimum atomic E-state index is -0.476. The van der Waals surface area contributed by atoms with Gasteiger partial charge in [-0.1, -0.05) is 18.2 Å². The molecule has 24 heavy (non-hydrogen) atoms. The first-order valence-corrected chi connectivity index (χ1v) is 7.35. The zero-order valence-corrected chi connectivity index (χ0v) is 13.2. The second-order valence-electron chi connectivity index (χ2n) is 5.28. The monoisotopic (exact) mass is 325 g/mol. The lowest BCUT2D eigenvalue weighted by Gasteiger charge is -2.11. The first kappa shape index (κ1) is 15.7. The fraction of sp³-hybridized carbons (Fsp3) is 0.176. The Hall–Kier alpha value is -3.22. The van der Waals surface area contributed by atoms with E-state index in [1.165, 1.54) is 6.07 Å². The second-order valence-corrected chi connectivity index (χ2v) is 5.28. The first-order valence-electron chi connectivity index (χ1n) is 7.35. The van der Waals surface area contributed by atoms with Crippen molar-refractivity contribution in [3.63, 3.8) is 0 Å². The van der Waals surface area contributed by atoms with Crippen LogP contribution in [0.25, 0.3) is 11.5 Å². The lowest BCUT2D eigenvalue weighted by atomic mass is 10.2. The average Bonchev–Trinajstić information content (AvgIpc) is 3.05. The molecule has 0 bridgehead atoms. The topological polar surface area (TPSA) is 91.3 Å². The molecule has 3 rings (SSSR count). The van der Waals surface area contributed by atoms with Crippen LogP contribution in [0.2, 0.25) is 0 Å². The van der Waals surface area contributed by atoms with Crippen LogP contribution in [-0.2, 0) is 0 Å². The van der Waals surface area contributed by atoms with Gasteiger partial charge in [0.1, 0.15) is 5.75 Å². The number of ether oxygens (including phenoxy) is 1. The van der Waals surface area contributed by atoms with E-state index in [0.29, 0.717) is 23.1 Å². The number of benzene rings is 2. The Morgan fingerprint density at radius 1 is 1.17 bits per heavy atom. The van der Waals surface area contributed by atoms with Gasteiger partial charge in [0.15, 0.2) is 6.10 Å². The average molecular weight is 325 g/mol. The van der Waals surface area contributed by atoms with Crippen molar-refractivity contribution in [2.45, 2.75) is 20.0 Å². The Kier molecular flexibility index (Phi) is 4.24. The van der Waals surface area contributed by atoms with E-state index in [1.54, 1.807) is 26.0 Å². The van der Waals surface area contributed by atoms with Crippen LogP contribution in [-0.4, -0.2) is 15.1 Å². The highest BCUT2D eigenvalue weighted by atomic mass is 16.6. The van der Waals surface area contributed by atoms with Crippen molar-refractivity contribution < 1.29 is 14.1 Å². The molecule has 2 aromatic carbocycles. The normalized spacial score (nSPS) is 11.9. The van der Waals surface area contributed by atoms with E-state index in [9.17, 15) is 10.1 Å². The Labute approximate surface area is 138 Å². The minimum Gasteiger partial charge on any atom is -0.481 e. The van der Waals surface area contributed by atoms with Crippen LogP contribution in [0, 0.1) is 17.0 Å². The van der Waals surface area contributed by atoms with Crippen LogP contribution in [0.15, 0.2) is 52.9 Å². The van der Waals surface area contributed by atoms with Gasteiger partial charge >= 0.3 is 0 Å². The highest BCUT2D eigenvalue weighted by molar-refractivity contribution is 5.51. The molecule has 0 spiro atoms. The largest absolute Gasteiger partial charge is 0.481 e.